The maximum Gasteiger partial charge on any atom is 0.252 e. The zero-order valence-corrected chi connectivity index (χ0v) is 20.1. The smallest absolute Gasteiger partial charge is 0.252 e. The van der Waals surface area contributed by atoms with Crippen LogP contribution in [0.15, 0.2) is 30.5 Å². The molecule has 9 nitrogen and oxygen atoms in total. The summed E-state index contributed by atoms with van der Waals surface area (Å²) in [6.45, 7) is 2.99. The van der Waals surface area contributed by atoms with E-state index in [9.17, 15) is 18.0 Å². The third-order valence-corrected chi connectivity index (χ3v) is 8.08. The van der Waals surface area contributed by atoms with Gasteiger partial charge in [0.05, 0.1) is 35.3 Å². The number of hydrogen-bond acceptors (Lipinski definition) is 8. The number of amides is 2. The Balaban J connectivity index is 1.48. The molecule has 2 amide bonds. The van der Waals surface area contributed by atoms with Gasteiger partial charge in [-0.3, -0.25) is 14.6 Å². The average molecular weight is 488 g/mol. The highest BCUT2D eigenvalue weighted by molar-refractivity contribution is 7.99. The Labute approximate surface area is 197 Å². The molecular formula is C22H25N5O4S2. The zero-order valence-electron chi connectivity index (χ0n) is 18.4. The van der Waals surface area contributed by atoms with Crippen LogP contribution in [0.5, 0.6) is 0 Å². The fourth-order valence-corrected chi connectivity index (χ4v) is 7.01. The molecule has 2 aliphatic heterocycles. The first-order valence-corrected chi connectivity index (χ1v) is 13.7. The van der Waals surface area contributed by atoms with Crippen LogP contribution in [0.1, 0.15) is 17.3 Å². The van der Waals surface area contributed by atoms with Gasteiger partial charge in [0.1, 0.15) is 15.9 Å². The number of rotatable bonds is 6. The number of hydrogen-bond donors (Lipinski definition) is 1. The van der Waals surface area contributed by atoms with Crippen molar-refractivity contribution in [1.82, 2.24) is 15.2 Å². The molecular weight excluding hydrogens is 462 g/mol. The topological polar surface area (TPSA) is 123 Å². The minimum atomic E-state index is -3.07. The van der Waals surface area contributed by atoms with Gasteiger partial charge in [-0.1, -0.05) is 6.92 Å². The molecule has 0 radical (unpaired) electrons. The van der Waals surface area contributed by atoms with E-state index >= 15 is 0 Å². The second-order valence-corrected chi connectivity index (χ2v) is 12.1. The Morgan fingerprint density at radius 2 is 2.09 bits per heavy atom. The van der Waals surface area contributed by atoms with Crippen LogP contribution in [0.4, 0.5) is 5.69 Å². The molecule has 2 aliphatic rings. The SMILES string of the molecule is CC1(CS(C)(=O)=O)CN(c2ccc3nccc(C(=O)NCC(=O)N4CSC[C@H]4C#N)c3c2)C1. The van der Waals surface area contributed by atoms with Crippen LogP contribution in [0, 0.1) is 16.7 Å². The van der Waals surface area contributed by atoms with Crippen LogP contribution in [0.25, 0.3) is 10.9 Å². The highest BCUT2D eigenvalue weighted by Gasteiger charge is 2.41. The summed E-state index contributed by atoms with van der Waals surface area (Å²) in [6.07, 6.45) is 2.80. The number of carbonyl (C=O) groups excluding carboxylic acids is 2. The van der Waals surface area contributed by atoms with E-state index in [1.807, 2.05) is 25.1 Å². The normalized spacial score (nSPS) is 19.7. The number of nitrogens with one attached hydrogen (secondary N) is 1. The molecule has 174 valence electrons. The van der Waals surface area contributed by atoms with Crippen molar-refractivity contribution in [3.8, 4) is 6.07 Å². The standard InChI is InChI=1S/C22H25N5O4S2/c1-22(13-33(2,30)31)11-26(12-22)15-3-4-19-18(7-15)17(5-6-24-19)21(29)25-9-20(28)27-14-32-10-16(27)8-23/h3-7,16H,9-14H2,1-2H3,(H,25,29)/t16-/m1/s1. The van der Waals surface area contributed by atoms with Gasteiger partial charge in [-0.05, 0) is 24.3 Å². The van der Waals surface area contributed by atoms with Crippen LogP contribution in [-0.4, -0.2) is 79.4 Å². The third-order valence-electron chi connectivity index (χ3n) is 5.84. The van der Waals surface area contributed by atoms with Gasteiger partial charge < -0.3 is 15.1 Å². The van der Waals surface area contributed by atoms with Crippen molar-refractivity contribution in [2.75, 3.05) is 48.2 Å². The lowest BCUT2D eigenvalue weighted by Crippen LogP contribution is -2.57. The number of fused-ring (bicyclic) bond motifs is 1. The Bertz CT molecular complexity index is 1250. The molecule has 1 atom stereocenters. The maximum atomic E-state index is 12.9. The van der Waals surface area contributed by atoms with Crippen molar-refractivity contribution < 1.29 is 18.0 Å². The molecule has 2 aromatic rings. The summed E-state index contributed by atoms with van der Waals surface area (Å²) in [6, 6.07) is 8.87. The van der Waals surface area contributed by atoms with Crippen LogP contribution < -0.4 is 10.2 Å². The monoisotopic (exact) mass is 487 g/mol. The number of aromatic nitrogens is 1. The molecule has 0 saturated carbocycles. The highest BCUT2D eigenvalue weighted by atomic mass is 32.2. The molecule has 0 bridgehead atoms. The summed E-state index contributed by atoms with van der Waals surface area (Å²) < 4.78 is 23.4. The largest absolute Gasteiger partial charge is 0.370 e. The first-order valence-electron chi connectivity index (χ1n) is 10.5. The molecule has 33 heavy (non-hydrogen) atoms. The van der Waals surface area contributed by atoms with Crippen molar-refractivity contribution in [2.24, 2.45) is 5.41 Å². The number of carbonyl (C=O) groups is 2. The van der Waals surface area contributed by atoms with Gasteiger partial charge >= 0.3 is 0 Å². The van der Waals surface area contributed by atoms with Gasteiger partial charge in [-0.25, -0.2) is 8.42 Å². The van der Waals surface area contributed by atoms with Crippen LogP contribution in [0.2, 0.25) is 0 Å². The molecule has 1 aromatic carbocycles. The molecule has 1 aromatic heterocycles. The fraction of sp³-hybridized carbons (Fsp3) is 0.455. The van der Waals surface area contributed by atoms with Gasteiger partial charge in [0.15, 0.2) is 0 Å². The lowest BCUT2D eigenvalue weighted by Gasteiger charge is -2.49. The van der Waals surface area contributed by atoms with E-state index in [0.717, 1.165) is 5.69 Å². The molecule has 2 saturated heterocycles. The van der Waals surface area contributed by atoms with Gasteiger partial charge in [0.2, 0.25) is 5.91 Å². The second-order valence-electron chi connectivity index (χ2n) is 8.99. The number of thioether (sulfide) groups is 1. The number of anilines is 1. The van der Waals surface area contributed by atoms with Crippen molar-refractivity contribution in [3.05, 3.63) is 36.0 Å². The Kier molecular flexibility index (Phi) is 6.24. The quantitative estimate of drug-likeness (QED) is 0.646. The summed E-state index contributed by atoms with van der Waals surface area (Å²) >= 11 is 1.51. The van der Waals surface area contributed by atoms with Crippen molar-refractivity contribution in [2.45, 2.75) is 13.0 Å². The molecule has 2 fully saturated rings. The van der Waals surface area contributed by atoms with Crippen molar-refractivity contribution in [3.63, 3.8) is 0 Å². The second kappa shape index (κ2) is 8.83. The lowest BCUT2D eigenvalue weighted by molar-refractivity contribution is -0.129. The summed E-state index contributed by atoms with van der Waals surface area (Å²) in [7, 11) is -3.07. The van der Waals surface area contributed by atoms with E-state index < -0.39 is 21.8 Å². The van der Waals surface area contributed by atoms with Gasteiger partial charge in [-0.2, -0.15) is 5.26 Å². The highest BCUT2D eigenvalue weighted by Crippen LogP contribution is 2.36. The minimum Gasteiger partial charge on any atom is -0.370 e. The van der Waals surface area contributed by atoms with Crippen LogP contribution in [0.3, 0.4) is 0 Å². The molecule has 0 aliphatic carbocycles. The molecule has 0 spiro atoms. The molecule has 11 heteroatoms. The number of nitrogens with zero attached hydrogens (tertiary/aromatic N) is 4. The van der Waals surface area contributed by atoms with E-state index in [1.165, 1.54) is 22.9 Å². The maximum absolute atomic E-state index is 12.9. The predicted molar refractivity (Wildman–Crippen MR) is 128 cm³/mol. The van der Waals surface area contributed by atoms with E-state index in [-0.39, 0.29) is 23.6 Å². The van der Waals surface area contributed by atoms with Crippen LogP contribution in [-0.2, 0) is 14.6 Å². The summed E-state index contributed by atoms with van der Waals surface area (Å²) in [5, 5.41) is 12.5. The summed E-state index contributed by atoms with van der Waals surface area (Å²) in [4.78, 5) is 33.2. The Morgan fingerprint density at radius 1 is 1.33 bits per heavy atom. The van der Waals surface area contributed by atoms with Gasteiger partial charge in [-0.15, -0.1) is 11.8 Å². The van der Waals surface area contributed by atoms with Gasteiger partial charge in [0.25, 0.3) is 5.91 Å². The molecule has 3 heterocycles. The van der Waals surface area contributed by atoms with E-state index in [4.69, 9.17) is 5.26 Å². The van der Waals surface area contributed by atoms with Gasteiger partial charge in [0, 0.05) is 47.8 Å². The first kappa shape index (κ1) is 23.3. The van der Waals surface area contributed by atoms with E-state index in [0.29, 0.717) is 41.2 Å². The number of pyridine rings is 1. The predicted octanol–water partition coefficient (Wildman–Crippen LogP) is 1.26. The lowest BCUT2D eigenvalue weighted by atomic mass is 9.83. The fourth-order valence-electron chi connectivity index (χ4n) is 4.46. The molecule has 4 rings (SSSR count). The minimum absolute atomic E-state index is 0.134. The molecule has 0 unspecified atom stereocenters. The van der Waals surface area contributed by atoms with Crippen LogP contribution >= 0.6 is 11.8 Å². The summed E-state index contributed by atoms with van der Waals surface area (Å²) in [5.41, 5.74) is 1.64. The Morgan fingerprint density at radius 3 is 2.79 bits per heavy atom. The van der Waals surface area contributed by atoms with Crippen molar-refractivity contribution in [1.29, 1.82) is 5.26 Å². The summed E-state index contributed by atoms with van der Waals surface area (Å²) in [5.74, 6) is 0.481. The Hall–Kier alpha value is -2.84. The van der Waals surface area contributed by atoms with Crippen molar-refractivity contribution >= 4 is 50.0 Å². The molecule has 1 N–H and O–H groups in total. The van der Waals surface area contributed by atoms with E-state index in [1.54, 1.807) is 12.3 Å². The zero-order chi connectivity index (χ0) is 23.8. The number of nitriles is 1. The van der Waals surface area contributed by atoms with E-state index in [2.05, 4.69) is 21.3 Å². The first-order chi connectivity index (χ1) is 15.6. The third kappa shape index (κ3) is 5.07. The number of benzene rings is 1. The number of sulfone groups is 1. The average Bonchev–Trinajstić information content (AvgIpc) is 3.22.